The van der Waals surface area contributed by atoms with Crippen molar-refractivity contribution in [1.29, 1.82) is 0 Å². The monoisotopic (exact) mass is 318 g/mol. The average molecular weight is 318 g/mol. The fourth-order valence-corrected chi connectivity index (χ4v) is 1.85. The second-order valence-electron chi connectivity index (χ2n) is 4.34. The fraction of sp³-hybridized carbons (Fsp3) is 0.0588. The number of hydrogen-bond acceptors (Lipinski definition) is 3. The molecule has 0 spiro atoms. The van der Waals surface area contributed by atoms with Crippen LogP contribution in [0.5, 0.6) is 5.75 Å². The normalized spacial score (nSPS) is 9.74. The van der Waals surface area contributed by atoms with Crippen molar-refractivity contribution < 1.29 is 17.9 Å². The van der Waals surface area contributed by atoms with Gasteiger partial charge < -0.3 is 4.74 Å². The van der Waals surface area contributed by atoms with Crippen LogP contribution >= 0.6 is 0 Å². The maximum atomic E-state index is 13.7. The third-order valence-electron chi connectivity index (χ3n) is 2.88. The number of methoxy groups -OCH3 is 1. The van der Waals surface area contributed by atoms with Crippen LogP contribution in [0.4, 0.5) is 13.2 Å². The Morgan fingerprint density at radius 1 is 0.870 bits per heavy atom. The number of aromatic nitrogens is 2. The Kier molecular flexibility index (Phi) is 5.68. The summed E-state index contributed by atoms with van der Waals surface area (Å²) in [5.74, 6) is -4.06. The first-order chi connectivity index (χ1) is 11.1. The third kappa shape index (κ3) is 4.06. The number of benzene rings is 2. The molecule has 0 aliphatic rings. The van der Waals surface area contributed by atoms with Gasteiger partial charge >= 0.3 is 0 Å². The summed E-state index contributed by atoms with van der Waals surface area (Å²) in [7, 11) is 1.09. The minimum absolute atomic E-state index is 0.124. The van der Waals surface area contributed by atoms with E-state index in [1.165, 1.54) is 6.33 Å². The molecule has 0 atom stereocenters. The molecule has 0 aliphatic heterocycles. The van der Waals surface area contributed by atoms with E-state index in [2.05, 4.69) is 14.7 Å². The first-order valence-electron chi connectivity index (χ1n) is 6.62. The van der Waals surface area contributed by atoms with Gasteiger partial charge in [0.2, 0.25) is 5.82 Å². The van der Waals surface area contributed by atoms with Gasteiger partial charge in [0.05, 0.1) is 7.11 Å². The first kappa shape index (κ1) is 16.5. The van der Waals surface area contributed by atoms with Crippen LogP contribution in [0.2, 0.25) is 0 Å². The Labute approximate surface area is 131 Å². The van der Waals surface area contributed by atoms with Crippen LogP contribution in [0, 0.1) is 17.5 Å². The highest BCUT2D eigenvalue weighted by Gasteiger charge is 2.19. The van der Waals surface area contributed by atoms with E-state index < -0.39 is 23.2 Å². The van der Waals surface area contributed by atoms with Crippen molar-refractivity contribution in [3.8, 4) is 16.9 Å². The van der Waals surface area contributed by atoms with Crippen LogP contribution in [0.1, 0.15) is 0 Å². The predicted molar refractivity (Wildman–Crippen MR) is 80.3 cm³/mol. The minimum Gasteiger partial charge on any atom is -0.491 e. The van der Waals surface area contributed by atoms with E-state index in [9.17, 15) is 13.2 Å². The third-order valence-corrected chi connectivity index (χ3v) is 2.88. The van der Waals surface area contributed by atoms with Crippen molar-refractivity contribution in [2.24, 2.45) is 0 Å². The molecule has 0 radical (unpaired) electrons. The summed E-state index contributed by atoms with van der Waals surface area (Å²) >= 11 is 0. The summed E-state index contributed by atoms with van der Waals surface area (Å²) in [5.41, 5.74) is 0.284. The summed E-state index contributed by atoms with van der Waals surface area (Å²) in [6.07, 6.45) is 4.88. The Hall–Kier alpha value is -2.89. The van der Waals surface area contributed by atoms with Crippen molar-refractivity contribution in [2.75, 3.05) is 7.11 Å². The first-order valence-corrected chi connectivity index (χ1v) is 6.62. The molecule has 2 aromatic carbocycles. The molecule has 0 fully saturated rings. The zero-order chi connectivity index (χ0) is 16.7. The van der Waals surface area contributed by atoms with E-state index in [4.69, 9.17) is 0 Å². The molecule has 0 unspecified atom stereocenters. The maximum Gasteiger partial charge on any atom is 0.204 e. The lowest BCUT2D eigenvalue weighted by Crippen LogP contribution is -1.98. The molecule has 0 bridgehead atoms. The van der Waals surface area contributed by atoms with Gasteiger partial charge in [0.1, 0.15) is 6.33 Å². The molecule has 0 saturated heterocycles. The molecule has 1 aromatic heterocycles. The average Bonchev–Trinajstić information content (AvgIpc) is 2.61. The van der Waals surface area contributed by atoms with Crippen molar-refractivity contribution in [2.45, 2.75) is 0 Å². The van der Waals surface area contributed by atoms with Gasteiger partial charge in [0, 0.05) is 18.0 Å². The summed E-state index contributed by atoms with van der Waals surface area (Å²) in [6, 6.07) is 10.9. The largest absolute Gasteiger partial charge is 0.491 e. The molecule has 0 aliphatic carbocycles. The van der Waals surface area contributed by atoms with E-state index in [1.54, 1.807) is 48.8 Å². The van der Waals surface area contributed by atoms with Gasteiger partial charge in [-0.15, -0.1) is 0 Å². The zero-order valence-electron chi connectivity index (χ0n) is 12.2. The summed E-state index contributed by atoms with van der Waals surface area (Å²) < 4.78 is 45.1. The molecule has 0 N–H and O–H groups in total. The molecule has 3 rings (SSSR count). The predicted octanol–water partition coefficient (Wildman–Crippen LogP) is 4.26. The quantitative estimate of drug-likeness (QED) is 0.662. The lowest BCUT2D eigenvalue weighted by molar-refractivity contribution is 0.347. The van der Waals surface area contributed by atoms with E-state index in [0.29, 0.717) is 5.56 Å². The highest BCUT2D eigenvalue weighted by molar-refractivity contribution is 5.65. The number of hydrogen-bond donors (Lipinski definition) is 0. The molecule has 23 heavy (non-hydrogen) atoms. The number of halogens is 3. The highest BCUT2D eigenvalue weighted by Crippen LogP contribution is 2.32. The van der Waals surface area contributed by atoms with E-state index >= 15 is 0 Å². The molecule has 3 nitrogen and oxygen atoms in total. The van der Waals surface area contributed by atoms with Crippen molar-refractivity contribution in [1.82, 2.24) is 9.97 Å². The van der Waals surface area contributed by atoms with Gasteiger partial charge in [-0.25, -0.2) is 18.7 Å². The number of nitrogens with zero attached hydrogens (tertiary/aromatic N) is 2. The van der Waals surface area contributed by atoms with Crippen LogP contribution in [0.15, 0.2) is 61.2 Å². The van der Waals surface area contributed by atoms with Gasteiger partial charge in [0.25, 0.3) is 0 Å². The van der Waals surface area contributed by atoms with Crippen LogP contribution in [-0.2, 0) is 0 Å². The van der Waals surface area contributed by atoms with Crippen molar-refractivity contribution in [3.05, 3.63) is 78.6 Å². The second kappa shape index (κ2) is 7.93. The minimum atomic E-state index is -1.31. The Morgan fingerprint density at radius 3 is 2.00 bits per heavy atom. The summed E-state index contributed by atoms with van der Waals surface area (Å²) in [4.78, 5) is 7.35. The van der Waals surface area contributed by atoms with Crippen LogP contribution < -0.4 is 4.74 Å². The van der Waals surface area contributed by atoms with E-state index in [-0.39, 0.29) is 5.56 Å². The topological polar surface area (TPSA) is 35.0 Å². The van der Waals surface area contributed by atoms with E-state index in [0.717, 1.165) is 13.2 Å². The molecule has 0 amide bonds. The SMILES string of the molecule is COc1c(F)cc(-c2ccccc2)c(F)c1F.c1cncnc1. The Morgan fingerprint density at radius 2 is 1.52 bits per heavy atom. The van der Waals surface area contributed by atoms with Gasteiger partial charge in [-0.2, -0.15) is 4.39 Å². The second-order valence-corrected chi connectivity index (χ2v) is 4.34. The zero-order valence-corrected chi connectivity index (χ0v) is 12.2. The maximum absolute atomic E-state index is 13.7. The molecule has 0 saturated carbocycles. The lowest BCUT2D eigenvalue weighted by Gasteiger charge is -2.09. The molecule has 6 heteroatoms. The standard InChI is InChI=1S/C13H9F3O.C4H4N2/c1-17-13-10(14)7-9(11(15)12(13)16)8-5-3-2-4-6-8;1-2-5-4-6-3-1/h2-7H,1H3;1-4H. The van der Waals surface area contributed by atoms with E-state index in [1.807, 2.05) is 0 Å². The van der Waals surface area contributed by atoms with Gasteiger partial charge in [0.15, 0.2) is 17.4 Å². The number of rotatable bonds is 2. The van der Waals surface area contributed by atoms with Crippen LogP contribution in [-0.4, -0.2) is 17.1 Å². The van der Waals surface area contributed by atoms with Crippen molar-refractivity contribution >= 4 is 0 Å². The highest BCUT2D eigenvalue weighted by atomic mass is 19.2. The van der Waals surface area contributed by atoms with Gasteiger partial charge in [-0.3, -0.25) is 0 Å². The van der Waals surface area contributed by atoms with Crippen molar-refractivity contribution in [3.63, 3.8) is 0 Å². The van der Waals surface area contributed by atoms with Crippen LogP contribution in [0.3, 0.4) is 0 Å². The molecular weight excluding hydrogens is 305 g/mol. The van der Waals surface area contributed by atoms with Crippen LogP contribution in [0.25, 0.3) is 11.1 Å². The molecule has 3 aromatic rings. The Balaban J connectivity index is 0.000000268. The Bertz CT molecular complexity index is 726. The smallest absolute Gasteiger partial charge is 0.204 e. The summed E-state index contributed by atoms with van der Waals surface area (Å²) in [6.45, 7) is 0. The molecule has 1 heterocycles. The lowest BCUT2D eigenvalue weighted by atomic mass is 10.0. The molecule has 118 valence electrons. The number of ether oxygens (including phenoxy) is 1. The fourth-order valence-electron chi connectivity index (χ4n) is 1.85. The summed E-state index contributed by atoms with van der Waals surface area (Å²) in [5, 5.41) is 0. The van der Waals surface area contributed by atoms with Gasteiger partial charge in [-0.1, -0.05) is 30.3 Å². The molecular formula is C17H13F3N2O. The van der Waals surface area contributed by atoms with Gasteiger partial charge in [-0.05, 0) is 17.7 Å².